The lowest BCUT2D eigenvalue weighted by molar-refractivity contribution is -0.146. The van der Waals surface area contributed by atoms with Crippen molar-refractivity contribution >= 4 is 39.4 Å². The van der Waals surface area contributed by atoms with Crippen molar-refractivity contribution in [3.05, 3.63) is 0 Å². The number of hydroxylamine groups is 1. The van der Waals surface area contributed by atoms with Crippen LogP contribution in [0.4, 0.5) is 0 Å². The Morgan fingerprint density at radius 2 is 0.543 bits per heavy atom. The summed E-state index contributed by atoms with van der Waals surface area (Å²) in [4.78, 5) is 62.9. The molecule has 0 radical (unpaired) electrons. The Morgan fingerprint density at radius 1 is 0.319 bits per heavy atom. The Balaban J connectivity index is 5.42. The molecule has 0 bridgehead atoms. The second-order valence-electron chi connectivity index (χ2n) is 26.9. The minimum absolute atomic E-state index is 0.211. The van der Waals surface area contributed by atoms with Crippen LogP contribution in [0.15, 0.2) is 0 Å². The van der Waals surface area contributed by atoms with Gasteiger partial charge in [-0.05, 0) is 25.7 Å². The first-order chi connectivity index (χ1) is 45.7. The van der Waals surface area contributed by atoms with Gasteiger partial charge in [-0.3, -0.25) is 37.3 Å². The van der Waals surface area contributed by atoms with E-state index in [1.165, 1.54) is 238 Å². The number of nitrogens with one attached hydrogen (secondary N) is 3. The maximum atomic E-state index is 13.8. The smallest absolute Gasteiger partial charge is 0.463 e. The van der Waals surface area contributed by atoms with E-state index in [9.17, 15) is 38.3 Å². The van der Waals surface area contributed by atoms with Gasteiger partial charge in [-0.2, -0.15) is 10.1 Å². The molecule has 0 heterocycles. The molecule has 0 aliphatic heterocycles. The lowest BCUT2D eigenvalue weighted by atomic mass is 10.0. The average Bonchev–Trinajstić information content (AvgIpc) is 1.20. The highest BCUT2D eigenvalue weighted by atomic mass is 31.2. The Morgan fingerprint density at radius 3 is 0.819 bits per heavy atom. The molecule has 18 nitrogen and oxygen atoms in total. The molecule has 20 heteroatoms. The number of aliphatic hydroxyl groups excluding tert-OH is 1. The Bertz CT molecular complexity index is 1800. The van der Waals surface area contributed by atoms with Crippen LogP contribution in [0.5, 0.6) is 0 Å². The van der Waals surface area contributed by atoms with Gasteiger partial charge in [0.15, 0.2) is 0 Å². The van der Waals surface area contributed by atoms with Crippen LogP contribution >= 0.6 is 15.6 Å². The summed E-state index contributed by atoms with van der Waals surface area (Å²) in [5.41, 5.74) is 2.28. The quantitative estimate of drug-likeness (QED) is 0.0164. The summed E-state index contributed by atoms with van der Waals surface area (Å²) in [6.45, 7) is 5.85. The van der Waals surface area contributed by atoms with Crippen molar-refractivity contribution in [3.63, 3.8) is 0 Å². The van der Waals surface area contributed by atoms with E-state index < -0.39 is 72.2 Å². The van der Waals surface area contributed by atoms with Gasteiger partial charge in [0.1, 0.15) is 19.3 Å². The number of carbonyl (C=O) groups excluding carboxylic acids is 4. The van der Waals surface area contributed by atoms with E-state index in [0.29, 0.717) is 25.7 Å². The minimum atomic E-state index is -4.90. The maximum absolute atomic E-state index is 13.8. The third kappa shape index (κ3) is 65.9. The fourth-order valence-electron chi connectivity index (χ4n) is 11.6. The zero-order chi connectivity index (χ0) is 69.0. The zero-order valence-electron chi connectivity index (χ0n) is 61.2. The van der Waals surface area contributed by atoms with E-state index in [1.54, 1.807) is 0 Å². The van der Waals surface area contributed by atoms with Crippen molar-refractivity contribution in [2.45, 2.75) is 405 Å². The molecular formula is C74H147N3O15P2. The minimum Gasteiger partial charge on any atom is -0.463 e. The lowest BCUT2D eigenvalue weighted by Gasteiger charge is -2.23. The molecule has 0 saturated heterocycles. The van der Waals surface area contributed by atoms with Crippen molar-refractivity contribution in [3.8, 4) is 0 Å². The molecule has 5 unspecified atom stereocenters. The Hall–Kier alpha value is -1.98. The summed E-state index contributed by atoms with van der Waals surface area (Å²) >= 11 is 0. The number of aliphatic hydroxyl groups is 1. The highest BCUT2D eigenvalue weighted by Gasteiger charge is 2.32. The largest absolute Gasteiger partial charge is 0.491 e. The van der Waals surface area contributed by atoms with Gasteiger partial charge in [-0.25, -0.2) is 9.13 Å². The van der Waals surface area contributed by atoms with Gasteiger partial charge >= 0.3 is 27.6 Å². The summed E-state index contributed by atoms with van der Waals surface area (Å²) < 4.78 is 64.8. The zero-order valence-corrected chi connectivity index (χ0v) is 63.0. The molecule has 2 amide bonds. The van der Waals surface area contributed by atoms with Gasteiger partial charge in [0.25, 0.3) is 0 Å². The van der Waals surface area contributed by atoms with Gasteiger partial charge in [0, 0.05) is 32.7 Å². The molecule has 558 valence electrons. The van der Waals surface area contributed by atoms with Crippen molar-refractivity contribution in [1.82, 2.24) is 16.1 Å². The van der Waals surface area contributed by atoms with Gasteiger partial charge in [-0.15, -0.1) is 0 Å². The Kier molecular flexibility index (Phi) is 68.0. The van der Waals surface area contributed by atoms with Crippen LogP contribution in [0.3, 0.4) is 0 Å². The third-order valence-electron chi connectivity index (χ3n) is 17.5. The number of esters is 2. The van der Waals surface area contributed by atoms with Gasteiger partial charge in [-0.1, -0.05) is 336 Å². The van der Waals surface area contributed by atoms with E-state index in [-0.39, 0.29) is 50.7 Å². The monoisotopic (exact) mass is 1380 g/mol. The SMILES string of the molecule is CCCCCCCCCCCCCCCC(=O)NC(COC(=O)CCCCCCCCCCCCCCC)COP(=O)(O)OCC(O)COP(=O)(OCC(COC(=O)CCCCCCCCCCCCCCC)NC(=O)CCCCCCCCCCCCCCC)ONC. The number of unbranched alkanes of at least 4 members (excludes halogenated alkanes) is 48. The molecule has 0 aromatic rings. The normalized spacial score (nSPS) is 13.9. The van der Waals surface area contributed by atoms with E-state index in [1.807, 2.05) is 0 Å². The average molecular weight is 1380 g/mol. The summed E-state index contributed by atoms with van der Waals surface area (Å²) in [6.07, 6.45) is 60.4. The first-order valence-electron chi connectivity index (χ1n) is 39.2. The number of hydrogen-bond donors (Lipinski definition) is 5. The standard InChI is InChI=1S/C74H147N3O15P2/c1-6-10-14-18-22-26-30-34-38-42-46-50-54-58-71(79)76-68(62-86-73(81)60-56-52-48-44-40-36-32-28-24-20-16-12-8-3)64-88-93(83,84)89-66-70(78)67-91-94(85,92-75-5)90-65-69(77-72(80)59-55-51-47-43-39-35-31-27-23-19-15-11-7-2)63-87-74(82)61-57-53-49-45-41-37-33-29-25-21-17-13-9-4/h68-70,75,78H,6-67H2,1-5H3,(H,76,79)(H,77,80)(H,83,84). The number of phosphoric ester groups is 2. The van der Waals surface area contributed by atoms with E-state index >= 15 is 0 Å². The summed E-state index contributed by atoms with van der Waals surface area (Å²) in [6, 6.07) is -1.89. The number of rotatable bonds is 76. The molecular weight excluding hydrogens is 1230 g/mol. The maximum Gasteiger partial charge on any atom is 0.491 e. The van der Waals surface area contributed by atoms with Crippen LogP contribution in [-0.4, -0.2) is 98.6 Å². The highest BCUT2D eigenvalue weighted by molar-refractivity contribution is 7.48. The molecule has 0 aliphatic rings. The molecule has 0 aliphatic carbocycles. The molecule has 0 saturated carbocycles. The molecule has 0 aromatic heterocycles. The van der Waals surface area contributed by atoms with Crippen LogP contribution in [0.1, 0.15) is 387 Å². The van der Waals surface area contributed by atoms with Crippen molar-refractivity contribution in [2.24, 2.45) is 0 Å². The predicted molar refractivity (Wildman–Crippen MR) is 384 cm³/mol. The summed E-state index contributed by atoms with van der Waals surface area (Å²) in [5.74, 6) is -1.44. The lowest BCUT2D eigenvalue weighted by Crippen LogP contribution is -2.42. The number of amides is 2. The first-order valence-corrected chi connectivity index (χ1v) is 42.1. The first kappa shape index (κ1) is 92.0. The van der Waals surface area contributed by atoms with E-state index in [0.717, 1.165) is 77.0 Å². The molecule has 94 heavy (non-hydrogen) atoms. The molecule has 0 rings (SSSR count). The third-order valence-corrected chi connectivity index (χ3v) is 19.8. The van der Waals surface area contributed by atoms with Crippen LogP contribution in [-0.2, 0) is 60.5 Å². The van der Waals surface area contributed by atoms with Crippen molar-refractivity contribution in [1.29, 1.82) is 0 Å². The molecule has 5 atom stereocenters. The summed E-state index contributed by atoms with van der Waals surface area (Å²) in [7, 11) is -8.12. The second kappa shape index (κ2) is 69.5. The second-order valence-corrected chi connectivity index (χ2v) is 30.0. The fraction of sp³-hybridized carbons (Fsp3) is 0.946. The number of ether oxygens (including phenoxy) is 2. The van der Waals surface area contributed by atoms with Crippen LogP contribution in [0.2, 0.25) is 0 Å². The Labute approximate surface area is 575 Å². The number of carbonyl (C=O) groups is 4. The van der Waals surface area contributed by atoms with E-state index in [2.05, 4.69) is 43.8 Å². The van der Waals surface area contributed by atoms with Gasteiger partial charge in [0.2, 0.25) is 11.8 Å². The van der Waals surface area contributed by atoms with Crippen LogP contribution < -0.4 is 16.1 Å². The predicted octanol–water partition coefficient (Wildman–Crippen LogP) is 20.8. The fourth-order valence-corrected chi connectivity index (χ4v) is 13.5. The van der Waals surface area contributed by atoms with E-state index in [4.69, 9.17) is 32.2 Å². The molecule has 0 aromatic carbocycles. The van der Waals surface area contributed by atoms with Gasteiger partial charge in [0.05, 0.1) is 38.5 Å². The summed E-state index contributed by atoms with van der Waals surface area (Å²) in [5, 5.41) is 16.5. The van der Waals surface area contributed by atoms with Gasteiger partial charge < -0.3 is 30.1 Å². The molecule has 5 N–H and O–H groups in total. The van der Waals surface area contributed by atoms with Crippen LogP contribution in [0.25, 0.3) is 0 Å². The van der Waals surface area contributed by atoms with Crippen molar-refractivity contribution in [2.75, 3.05) is 46.7 Å². The molecule has 0 spiro atoms. The molecule has 0 fully saturated rings. The number of hydrogen-bond acceptors (Lipinski definition) is 15. The highest BCUT2D eigenvalue weighted by Crippen LogP contribution is 2.49. The topological polar surface area (TPSA) is 244 Å². The van der Waals surface area contributed by atoms with Crippen molar-refractivity contribution < 1.29 is 70.5 Å². The number of phosphoric acid groups is 2. The van der Waals surface area contributed by atoms with Crippen LogP contribution in [0, 0.1) is 0 Å².